The molecule has 0 spiro atoms. The first-order chi connectivity index (χ1) is 8.49. The molecule has 0 aromatic heterocycles. The number of nitrogens with zero attached hydrogens (tertiary/aromatic N) is 1. The Hall–Kier alpha value is -1.95. The maximum absolute atomic E-state index is 13.9. The van der Waals surface area contributed by atoms with E-state index in [-0.39, 0.29) is 24.8 Å². The minimum absolute atomic E-state index is 0.0492. The summed E-state index contributed by atoms with van der Waals surface area (Å²) in [6, 6.07) is 4.16. The summed E-state index contributed by atoms with van der Waals surface area (Å²) in [5, 5.41) is 2.17. The first kappa shape index (κ1) is 12.5. The van der Waals surface area contributed by atoms with Crippen molar-refractivity contribution < 1.29 is 14.0 Å². The number of carbonyl (C=O) groups is 2. The Kier molecular flexibility index (Phi) is 3.29. The van der Waals surface area contributed by atoms with Gasteiger partial charge in [-0.05, 0) is 18.6 Å². The zero-order valence-corrected chi connectivity index (χ0v) is 9.94. The third-order valence-corrected chi connectivity index (χ3v) is 2.77. The lowest BCUT2D eigenvalue weighted by atomic mass is 10.0. The number of nitrogens with two attached hydrogens (primary N) is 1. The van der Waals surface area contributed by atoms with Gasteiger partial charge in [0, 0.05) is 6.04 Å². The van der Waals surface area contributed by atoms with Crippen molar-refractivity contribution in [3.05, 3.63) is 29.6 Å². The second-order valence-corrected chi connectivity index (χ2v) is 4.29. The second kappa shape index (κ2) is 4.73. The molecule has 1 saturated heterocycles. The van der Waals surface area contributed by atoms with Crippen LogP contribution in [0.3, 0.4) is 0 Å². The SMILES string of the molecule is C[C@H](N)c1cccc(F)c1N1CC(=O)NC(=O)C1. The van der Waals surface area contributed by atoms with Crippen LogP contribution in [0.5, 0.6) is 0 Å². The van der Waals surface area contributed by atoms with Crippen molar-refractivity contribution in [2.75, 3.05) is 18.0 Å². The van der Waals surface area contributed by atoms with E-state index in [1.807, 2.05) is 0 Å². The molecule has 1 aromatic rings. The van der Waals surface area contributed by atoms with Crippen LogP contribution in [0.2, 0.25) is 0 Å². The molecule has 3 N–H and O–H groups in total. The van der Waals surface area contributed by atoms with Crippen molar-refractivity contribution in [2.24, 2.45) is 5.73 Å². The largest absolute Gasteiger partial charge is 0.350 e. The standard InChI is InChI=1S/C12H14FN3O2/c1-7(14)8-3-2-4-9(13)12(8)16-5-10(17)15-11(18)6-16/h2-4,7H,5-6,14H2,1H3,(H,15,17,18)/t7-/m0/s1. The smallest absolute Gasteiger partial charge is 0.246 e. The Morgan fingerprint density at radius 1 is 1.33 bits per heavy atom. The molecule has 2 rings (SSSR count). The zero-order valence-electron chi connectivity index (χ0n) is 9.94. The molecule has 1 fully saturated rings. The number of piperazine rings is 1. The molecule has 18 heavy (non-hydrogen) atoms. The van der Waals surface area contributed by atoms with Crippen molar-refractivity contribution in [3.63, 3.8) is 0 Å². The van der Waals surface area contributed by atoms with E-state index in [0.29, 0.717) is 5.56 Å². The lowest BCUT2D eigenvalue weighted by Gasteiger charge is -2.30. The van der Waals surface area contributed by atoms with Crippen LogP contribution in [0.4, 0.5) is 10.1 Å². The average molecular weight is 251 g/mol. The summed E-state index contributed by atoms with van der Waals surface area (Å²) in [5.41, 5.74) is 6.59. The minimum Gasteiger partial charge on any atom is -0.350 e. The molecule has 1 heterocycles. The summed E-state index contributed by atoms with van der Waals surface area (Å²) in [6.45, 7) is 1.63. The summed E-state index contributed by atoms with van der Waals surface area (Å²) in [7, 11) is 0. The van der Waals surface area contributed by atoms with Gasteiger partial charge in [-0.15, -0.1) is 0 Å². The van der Waals surface area contributed by atoms with Gasteiger partial charge in [0.1, 0.15) is 5.82 Å². The predicted molar refractivity (Wildman–Crippen MR) is 64.4 cm³/mol. The number of para-hydroxylation sites is 1. The first-order valence-electron chi connectivity index (χ1n) is 5.60. The summed E-state index contributed by atoms with van der Waals surface area (Å²) < 4.78 is 13.9. The number of halogens is 1. The molecule has 0 unspecified atom stereocenters. The van der Waals surface area contributed by atoms with E-state index in [1.165, 1.54) is 11.0 Å². The Morgan fingerprint density at radius 2 is 1.94 bits per heavy atom. The third kappa shape index (κ3) is 2.33. The molecule has 1 aromatic carbocycles. The van der Waals surface area contributed by atoms with E-state index >= 15 is 0 Å². The number of hydrogen-bond acceptors (Lipinski definition) is 4. The number of carbonyl (C=O) groups excluding carboxylic acids is 2. The summed E-state index contributed by atoms with van der Waals surface area (Å²) in [5.74, 6) is -1.36. The molecular weight excluding hydrogens is 237 g/mol. The monoisotopic (exact) mass is 251 g/mol. The van der Waals surface area contributed by atoms with Crippen molar-refractivity contribution in [3.8, 4) is 0 Å². The number of amides is 2. The van der Waals surface area contributed by atoms with E-state index in [2.05, 4.69) is 5.32 Å². The molecule has 1 atom stereocenters. The lowest BCUT2D eigenvalue weighted by Crippen LogP contribution is -2.52. The summed E-state index contributed by atoms with van der Waals surface area (Å²) >= 11 is 0. The molecule has 96 valence electrons. The fraction of sp³-hybridized carbons (Fsp3) is 0.333. The Bertz CT molecular complexity index is 486. The van der Waals surface area contributed by atoms with Gasteiger partial charge < -0.3 is 10.6 Å². The molecule has 0 bridgehead atoms. The second-order valence-electron chi connectivity index (χ2n) is 4.29. The van der Waals surface area contributed by atoms with E-state index in [1.54, 1.807) is 19.1 Å². The molecule has 6 heteroatoms. The Morgan fingerprint density at radius 3 is 2.50 bits per heavy atom. The molecule has 2 amide bonds. The fourth-order valence-electron chi connectivity index (χ4n) is 2.03. The van der Waals surface area contributed by atoms with Crippen molar-refractivity contribution in [1.82, 2.24) is 5.32 Å². The van der Waals surface area contributed by atoms with Gasteiger partial charge in [-0.25, -0.2) is 4.39 Å². The minimum atomic E-state index is -0.479. The lowest BCUT2D eigenvalue weighted by molar-refractivity contribution is -0.130. The highest BCUT2D eigenvalue weighted by atomic mass is 19.1. The maximum Gasteiger partial charge on any atom is 0.246 e. The normalized spacial score (nSPS) is 17.6. The molecule has 1 aliphatic rings. The van der Waals surface area contributed by atoms with Gasteiger partial charge in [0.2, 0.25) is 11.8 Å². The maximum atomic E-state index is 13.9. The number of benzene rings is 1. The van der Waals surface area contributed by atoms with Crippen LogP contribution in [0.1, 0.15) is 18.5 Å². The van der Waals surface area contributed by atoms with Crippen LogP contribution >= 0.6 is 0 Å². The van der Waals surface area contributed by atoms with Crippen LogP contribution in [-0.2, 0) is 9.59 Å². The molecule has 0 saturated carbocycles. The van der Waals surface area contributed by atoms with Gasteiger partial charge in [0.05, 0.1) is 18.8 Å². The van der Waals surface area contributed by atoms with Crippen LogP contribution in [0.25, 0.3) is 0 Å². The van der Waals surface area contributed by atoms with Gasteiger partial charge in [-0.2, -0.15) is 0 Å². The van der Waals surface area contributed by atoms with E-state index < -0.39 is 17.6 Å². The highest BCUT2D eigenvalue weighted by molar-refractivity contribution is 6.02. The quantitative estimate of drug-likeness (QED) is 0.742. The molecule has 1 aliphatic heterocycles. The first-order valence-corrected chi connectivity index (χ1v) is 5.60. The number of rotatable bonds is 2. The van der Waals surface area contributed by atoms with E-state index in [4.69, 9.17) is 5.73 Å². The number of anilines is 1. The zero-order chi connectivity index (χ0) is 13.3. The third-order valence-electron chi connectivity index (χ3n) is 2.77. The van der Waals surface area contributed by atoms with Gasteiger partial charge in [0.15, 0.2) is 0 Å². The number of nitrogens with one attached hydrogen (secondary N) is 1. The average Bonchev–Trinajstić information content (AvgIpc) is 2.26. The number of hydrogen-bond donors (Lipinski definition) is 2. The van der Waals surface area contributed by atoms with E-state index in [9.17, 15) is 14.0 Å². The van der Waals surface area contributed by atoms with Gasteiger partial charge in [-0.1, -0.05) is 12.1 Å². The van der Waals surface area contributed by atoms with Crippen LogP contribution in [-0.4, -0.2) is 24.9 Å². The van der Waals surface area contributed by atoms with Crippen LogP contribution in [0, 0.1) is 5.82 Å². The number of imide groups is 1. The Labute approximate surface area is 104 Å². The molecule has 5 nitrogen and oxygen atoms in total. The van der Waals surface area contributed by atoms with Crippen molar-refractivity contribution >= 4 is 17.5 Å². The summed E-state index contributed by atoms with van der Waals surface area (Å²) in [4.78, 5) is 24.1. The highest BCUT2D eigenvalue weighted by Gasteiger charge is 2.27. The predicted octanol–water partition coefficient (Wildman–Crippen LogP) is 0.308. The highest BCUT2D eigenvalue weighted by Crippen LogP contribution is 2.28. The molecule has 0 aliphatic carbocycles. The van der Waals surface area contributed by atoms with E-state index in [0.717, 1.165) is 0 Å². The fourth-order valence-corrected chi connectivity index (χ4v) is 2.03. The molecule has 0 radical (unpaired) electrons. The van der Waals surface area contributed by atoms with Crippen molar-refractivity contribution in [1.29, 1.82) is 0 Å². The van der Waals surface area contributed by atoms with Crippen molar-refractivity contribution in [2.45, 2.75) is 13.0 Å². The van der Waals surface area contributed by atoms with Gasteiger partial charge in [0.25, 0.3) is 0 Å². The van der Waals surface area contributed by atoms with Gasteiger partial charge >= 0.3 is 0 Å². The van der Waals surface area contributed by atoms with Crippen LogP contribution in [0.15, 0.2) is 18.2 Å². The topological polar surface area (TPSA) is 75.4 Å². The van der Waals surface area contributed by atoms with Gasteiger partial charge in [-0.3, -0.25) is 14.9 Å². The summed E-state index contributed by atoms with van der Waals surface area (Å²) in [6.07, 6.45) is 0. The molecular formula is C12H14FN3O2. The van der Waals surface area contributed by atoms with Crippen LogP contribution < -0.4 is 16.0 Å². The Balaban J connectivity index is 2.43.